The van der Waals surface area contributed by atoms with Crippen LogP contribution in [0.5, 0.6) is 0 Å². The van der Waals surface area contributed by atoms with Crippen molar-refractivity contribution < 1.29 is 9.72 Å². The summed E-state index contributed by atoms with van der Waals surface area (Å²) < 4.78 is 0. The summed E-state index contributed by atoms with van der Waals surface area (Å²) in [5, 5.41) is 14.5. The number of nitrogens with zero attached hydrogens (tertiary/aromatic N) is 3. The number of amides is 1. The number of hydrogen-bond acceptors (Lipinski definition) is 5. The van der Waals surface area contributed by atoms with Crippen LogP contribution < -0.4 is 5.32 Å². The Bertz CT molecular complexity index is 1330. The highest BCUT2D eigenvalue weighted by Crippen LogP contribution is 2.24. The van der Waals surface area contributed by atoms with Crippen LogP contribution in [0.4, 0.5) is 11.4 Å². The van der Waals surface area contributed by atoms with Gasteiger partial charge in [0.15, 0.2) is 0 Å². The number of aromatic nitrogens is 1. The van der Waals surface area contributed by atoms with Gasteiger partial charge in [-0.15, -0.1) is 0 Å². The number of H-pyrrole nitrogens is 1. The largest absolute Gasteiger partial charge is 0.360 e. The van der Waals surface area contributed by atoms with Crippen LogP contribution in [0.3, 0.4) is 0 Å². The molecule has 5 rings (SSSR count). The maximum Gasteiger partial charge on any atom is 0.270 e. The van der Waals surface area contributed by atoms with E-state index in [1.54, 1.807) is 12.3 Å². The summed E-state index contributed by atoms with van der Waals surface area (Å²) >= 11 is 0. The van der Waals surface area contributed by atoms with Crippen LogP contribution in [0.2, 0.25) is 0 Å². The molecule has 0 unspecified atom stereocenters. The number of nitrogens with one attached hydrogen (secondary N) is 2. The fourth-order valence-corrected chi connectivity index (χ4v) is 4.51. The van der Waals surface area contributed by atoms with Gasteiger partial charge in [-0.2, -0.15) is 0 Å². The van der Waals surface area contributed by atoms with Crippen LogP contribution in [0, 0.1) is 10.1 Å². The quantitative estimate of drug-likeness (QED) is 0.304. The fourth-order valence-electron chi connectivity index (χ4n) is 4.51. The number of rotatable bonds is 7. The summed E-state index contributed by atoms with van der Waals surface area (Å²) in [7, 11) is 0. The summed E-state index contributed by atoms with van der Waals surface area (Å²) in [4.78, 5) is 31.4. The molecule has 2 N–H and O–H groups in total. The van der Waals surface area contributed by atoms with Crippen molar-refractivity contribution in [2.75, 3.05) is 31.5 Å². The van der Waals surface area contributed by atoms with Crippen molar-refractivity contribution in [3.05, 3.63) is 106 Å². The Hall–Kier alpha value is -4.01. The molecule has 8 nitrogen and oxygen atoms in total. The van der Waals surface area contributed by atoms with Crippen molar-refractivity contribution in [3.8, 4) is 0 Å². The van der Waals surface area contributed by atoms with Gasteiger partial charge < -0.3 is 10.3 Å². The zero-order valence-corrected chi connectivity index (χ0v) is 19.3. The lowest BCUT2D eigenvalue weighted by Crippen LogP contribution is -2.45. The second-order valence-corrected chi connectivity index (χ2v) is 8.88. The molecule has 0 bridgehead atoms. The minimum Gasteiger partial charge on any atom is -0.360 e. The van der Waals surface area contributed by atoms with Crippen molar-refractivity contribution in [1.82, 2.24) is 14.8 Å². The minimum absolute atomic E-state index is 0.0450. The van der Waals surface area contributed by atoms with Crippen molar-refractivity contribution in [3.63, 3.8) is 0 Å². The number of benzene rings is 3. The molecular weight excluding hydrogens is 442 g/mol. The number of nitro benzene ring substituents is 1. The first kappa shape index (κ1) is 22.8. The number of aromatic amines is 1. The van der Waals surface area contributed by atoms with E-state index in [4.69, 9.17) is 0 Å². The van der Waals surface area contributed by atoms with E-state index in [0.29, 0.717) is 22.2 Å². The molecule has 1 aliphatic heterocycles. The number of nitro groups is 1. The predicted octanol–water partition coefficient (Wildman–Crippen LogP) is 4.65. The van der Waals surface area contributed by atoms with Gasteiger partial charge in [0.25, 0.3) is 11.6 Å². The lowest BCUT2D eigenvalue weighted by atomic mass is 10.1. The average Bonchev–Trinajstić information content (AvgIpc) is 3.30. The number of non-ortho nitro benzene ring substituents is 1. The monoisotopic (exact) mass is 469 g/mol. The molecule has 1 aliphatic rings. The normalized spacial score (nSPS) is 14.7. The number of hydrogen-bond donors (Lipinski definition) is 2. The van der Waals surface area contributed by atoms with Gasteiger partial charge in [0.1, 0.15) is 0 Å². The molecule has 3 aromatic carbocycles. The van der Waals surface area contributed by atoms with Gasteiger partial charge in [0.2, 0.25) is 0 Å². The van der Waals surface area contributed by atoms with E-state index in [9.17, 15) is 14.9 Å². The molecule has 1 aromatic heterocycles. The van der Waals surface area contributed by atoms with Crippen molar-refractivity contribution >= 4 is 28.2 Å². The van der Waals surface area contributed by atoms with E-state index in [1.807, 2.05) is 30.3 Å². The Morgan fingerprint density at radius 3 is 2.14 bits per heavy atom. The maximum atomic E-state index is 12.8. The van der Waals surface area contributed by atoms with Crippen LogP contribution in [0.1, 0.15) is 21.5 Å². The SMILES string of the molecule is O=C(Nc1ccc(CN2CCN(Cc3ccccc3)CC2)cc1)c1c[nH]c2ccc([N+](=O)[O-])cc12. The van der Waals surface area contributed by atoms with Crippen LogP contribution in [-0.2, 0) is 13.1 Å². The van der Waals surface area contributed by atoms with Crippen molar-refractivity contribution in [2.24, 2.45) is 0 Å². The Labute approximate surface area is 203 Å². The number of carbonyl (C=O) groups is 1. The first-order valence-electron chi connectivity index (χ1n) is 11.7. The fraction of sp³-hybridized carbons (Fsp3) is 0.222. The Morgan fingerprint density at radius 2 is 1.51 bits per heavy atom. The highest BCUT2D eigenvalue weighted by atomic mass is 16.6. The predicted molar refractivity (Wildman–Crippen MR) is 136 cm³/mol. The van der Waals surface area contributed by atoms with E-state index >= 15 is 0 Å². The Balaban J connectivity index is 1.16. The molecule has 35 heavy (non-hydrogen) atoms. The van der Waals surface area contributed by atoms with E-state index < -0.39 is 4.92 Å². The molecule has 0 spiro atoms. The highest BCUT2D eigenvalue weighted by Gasteiger charge is 2.18. The zero-order valence-electron chi connectivity index (χ0n) is 19.3. The Kier molecular flexibility index (Phi) is 6.56. The van der Waals surface area contributed by atoms with Gasteiger partial charge in [-0.1, -0.05) is 42.5 Å². The number of fused-ring (bicyclic) bond motifs is 1. The number of anilines is 1. The molecule has 1 saturated heterocycles. The Morgan fingerprint density at radius 1 is 0.886 bits per heavy atom. The lowest BCUT2D eigenvalue weighted by Gasteiger charge is -2.34. The van der Waals surface area contributed by atoms with Gasteiger partial charge >= 0.3 is 0 Å². The van der Waals surface area contributed by atoms with E-state index in [-0.39, 0.29) is 11.6 Å². The third-order valence-corrected chi connectivity index (χ3v) is 6.45. The van der Waals surface area contributed by atoms with Crippen LogP contribution in [-0.4, -0.2) is 51.8 Å². The third-order valence-electron chi connectivity index (χ3n) is 6.45. The molecule has 1 fully saturated rings. The molecule has 4 aromatic rings. The highest BCUT2D eigenvalue weighted by molar-refractivity contribution is 6.13. The van der Waals surface area contributed by atoms with E-state index in [0.717, 1.165) is 39.3 Å². The summed E-state index contributed by atoms with van der Waals surface area (Å²) in [6.07, 6.45) is 1.58. The first-order valence-corrected chi connectivity index (χ1v) is 11.7. The van der Waals surface area contributed by atoms with Crippen molar-refractivity contribution in [1.29, 1.82) is 0 Å². The summed E-state index contributed by atoms with van der Waals surface area (Å²) in [6, 6.07) is 22.9. The smallest absolute Gasteiger partial charge is 0.270 e. The van der Waals surface area contributed by atoms with Gasteiger partial charge in [-0.3, -0.25) is 24.7 Å². The average molecular weight is 470 g/mol. The molecule has 0 aliphatic carbocycles. The second kappa shape index (κ2) is 10.1. The van der Waals surface area contributed by atoms with Gasteiger partial charge in [0.05, 0.1) is 10.5 Å². The molecule has 0 saturated carbocycles. The van der Waals surface area contributed by atoms with Crippen molar-refractivity contribution in [2.45, 2.75) is 13.1 Å². The van der Waals surface area contributed by atoms with Crippen LogP contribution in [0.25, 0.3) is 10.9 Å². The topological polar surface area (TPSA) is 94.5 Å². The number of piperazine rings is 1. The minimum atomic E-state index is -0.462. The zero-order chi connectivity index (χ0) is 24.2. The molecule has 0 radical (unpaired) electrons. The van der Waals surface area contributed by atoms with Crippen LogP contribution in [0.15, 0.2) is 79.0 Å². The van der Waals surface area contributed by atoms with Gasteiger partial charge in [-0.05, 0) is 29.3 Å². The molecule has 2 heterocycles. The second-order valence-electron chi connectivity index (χ2n) is 8.88. The molecular formula is C27H27N5O3. The summed E-state index contributed by atoms with van der Waals surface area (Å²) in [5.41, 5.74) is 4.25. The van der Waals surface area contributed by atoms with E-state index in [2.05, 4.69) is 44.4 Å². The molecule has 1 amide bonds. The third kappa shape index (κ3) is 5.40. The lowest BCUT2D eigenvalue weighted by molar-refractivity contribution is -0.384. The van der Waals surface area contributed by atoms with Gasteiger partial charge in [0, 0.05) is 74.2 Å². The van der Waals surface area contributed by atoms with E-state index in [1.165, 1.54) is 23.3 Å². The maximum absolute atomic E-state index is 12.8. The van der Waals surface area contributed by atoms with Gasteiger partial charge in [-0.25, -0.2) is 0 Å². The molecule has 0 atom stereocenters. The number of carbonyl (C=O) groups excluding carboxylic acids is 1. The molecule has 178 valence electrons. The van der Waals surface area contributed by atoms with Crippen LogP contribution >= 0.6 is 0 Å². The molecule has 8 heteroatoms. The summed E-state index contributed by atoms with van der Waals surface area (Å²) in [6.45, 7) is 6.01. The summed E-state index contributed by atoms with van der Waals surface area (Å²) in [5.74, 6) is -0.306. The first-order chi connectivity index (χ1) is 17.0. The standard InChI is InChI=1S/C27H27N5O3/c33-27(25-17-28-26-11-10-23(32(34)35)16-24(25)26)29-22-8-6-21(7-9-22)19-31-14-12-30(13-15-31)18-20-4-2-1-3-5-20/h1-11,16-17,28H,12-15,18-19H2,(H,29,33).